The quantitative estimate of drug-likeness (QED) is 0.654. The summed E-state index contributed by atoms with van der Waals surface area (Å²) in [7, 11) is 0. The average molecular weight is 322 g/mol. The maximum Gasteiger partial charge on any atom is 0.309 e. The van der Waals surface area contributed by atoms with E-state index in [1.54, 1.807) is 11.4 Å². The fourth-order valence-electron chi connectivity index (χ4n) is 1.38. The molecule has 21 heavy (non-hydrogen) atoms. The Kier molecular flexibility index (Phi) is 4.46. The van der Waals surface area contributed by atoms with Gasteiger partial charge in [0.25, 0.3) is 0 Å². The first-order valence-corrected chi connectivity index (χ1v) is 7.09. The molecule has 0 aromatic carbocycles. The second-order valence-electron chi connectivity index (χ2n) is 3.66. The Morgan fingerprint density at radius 2 is 2.29 bits per heavy atom. The SMILES string of the molecule is N#Cc1nc(Sc2nc(CC(=O)O)cs2)ccc1[N+](=O)[O-]. The van der Waals surface area contributed by atoms with Crippen molar-refractivity contribution in [3.8, 4) is 6.07 Å². The molecule has 1 N–H and O–H groups in total. The summed E-state index contributed by atoms with van der Waals surface area (Å²) in [5, 5.41) is 30.2. The van der Waals surface area contributed by atoms with E-state index in [4.69, 9.17) is 10.4 Å². The third kappa shape index (κ3) is 3.74. The highest BCUT2D eigenvalue weighted by molar-refractivity contribution is 8.01. The number of aromatic nitrogens is 2. The third-order valence-electron chi connectivity index (χ3n) is 2.21. The van der Waals surface area contributed by atoms with E-state index in [2.05, 4.69) is 9.97 Å². The predicted octanol–water partition coefficient (Wildman–Crippen LogP) is 2.10. The number of carbonyl (C=O) groups is 1. The van der Waals surface area contributed by atoms with Crippen LogP contribution in [0.4, 0.5) is 5.69 Å². The molecule has 0 saturated heterocycles. The van der Waals surface area contributed by atoms with E-state index in [0.29, 0.717) is 15.1 Å². The van der Waals surface area contributed by atoms with E-state index < -0.39 is 10.9 Å². The number of nitrogens with zero attached hydrogens (tertiary/aromatic N) is 4. The Morgan fingerprint density at radius 3 is 2.90 bits per heavy atom. The van der Waals surface area contributed by atoms with Crippen molar-refractivity contribution in [2.45, 2.75) is 15.8 Å². The zero-order valence-corrected chi connectivity index (χ0v) is 11.8. The number of carboxylic acid groups (broad SMARTS) is 1. The number of hydrogen-bond acceptors (Lipinski definition) is 8. The first kappa shape index (κ1) is 14.9. The molecule has 0 bridgehead atoms. The van der Waals surface area contributed by atoms with Crippen LogP contribution < -0.4 is 0 Å². The van der Waals surface area contributed by atoms with Gasteiger partial charge in [-0.25, -0.2) is 9.97 Å². The zero-order chi connectivity index (χ0) is 15.4. The molecule has 0 saturated carbocycles. The lowest BCUT2D eigenvalue weighted by atomic mass is 10.3. The molecule has 0 fully saturated rings. The molecule has 0 atom stereocenters. The van der Waals surface area contributed by atoms with E-state index >= 15 is 0 Å². The predicted molar refractivity (Wildman–Crippen MR) is 73.2 cm³/mol. The van der Waals surface area contributed by atoms with Crippen molar-refractivity contribution in [2.75, 3.05) is 0 Å². The first-order valence-electron chi connectivity index (χ1n) is 5.39. The molecule has 10 heteroatoms. The minimum atomic E-state index is -0.975. The van der Waals surface area contributed by atoms with Gasteiger partial charge in [0.05, 0.1) is 17.0 Å². The monoisotopic (exact) mass is 322 g/mol. The molecule has 0 aliphatic rings. The van der Waals surface area contributed by atoms with Crippen LogP contribution in [0.25, 0.3) is 0 Å². The van der Waals surface area contributed by atoms with Crippen molar-refractivity contribution in [2.24, 2.45) is 0 Å². The molecule has 0 aliphatic heterocycles. The van der Waals surface area contributed by atoms with E-state index in [1.807, 2.05) is 0 Å². The fraction of sp³-hybridized carbons (Fsp3) is 0.0909. The number of rotatable bonds is 5. The normalized spacial score (nSPS) is 10.0. The topological polar surface area (TPSA) is 130 Å². The largest absolute Gasteiger partial charge is 0.481 e. The van der Waals surface area contributed by atoms with E-state index in [9.17, 15) is 14.9 Å². The van der Waals surface area contributed by atoms with Crippen LogP contribution >= 0.6 is 23.1 Å². The molecule has 0 aliphatic carbocycles. The molecular formula is C11H6N4O4S2. The van der Waals surface area contributed by atoms with Crippen LogP contribution in [0.2, 0.25) is 0 Å². The molecule has 0 spiro atoms. The summed E-state index contributed by atoms with van der Waals surface area (Å²) in [5.74, 6) is -0.975. The number of nitriles is 1. The van der Waals surface area contributed by atoms with Gasteiger partial charge in [-0.3, -0.25) is 14.9 Å². The number of nitro groups is 1. The Bertz CT molecular complexity index is 753. The van der Waals surface area contributed by atoms with Crippen molar-refractivity contribution in [1.29, 1.82) is 5.26 Å². The second kappa shape index (κ2) is 6.29. The second-order valence-corrected chi connectivity index (χ2v) is 5.79. The number of aliphatic carboxylic acids is 1. The van der Waals surface area contributed by atoms with Crippen LogP contribution in [0.15, 0.2) is 26.9 Å². The summed E-state index contributed by atoms with van der Waals surface area (Å²) in [4.78, 5) is 28.6. The molecule has 0 radical (unpaired) electrons. The summed E-state index contributed by atoms with van der Waals surface area (Å²) in [6.45, 7) is 0. The summed E-state index contributed by atoms with van der Waals surface area (Å²) in [6.07, 6.45) is -0.172. The molecule has 2 aromatic rings. The number of pyridine rings is 1. The van der Waals surface area contributed by atoms with E-state index in [1.165, 1.54) is 23.5 Å². The van der Waals surface area contributed by atoms with Gasteiger partial charge in [-0.15, -0.1) is 11.3 Å². The van der Waals surface area contributed by atoms with Gasteiger partial charge >= 0.3 is 11.7 Å². The highest BCUT2D eigenvalue weighted by Gasteiger charge is 2.16. The summed E-state index contributed by atoms with van der Waals surface area (Å²) >= 11 is 2.36. The van der Waals surface area contributed by atoms with Crippen molar-refractivity contribution in [3.63, 3.8) is 0 Å². The summed E-state index contributed by atoms with van der Waals surface area (Å²) < 4.78 is 0.552. The number of hydrogen-bond donors (Lipinski definition) is 1. The highest BCUT2D eigenvalue weighted by Crippen LogP contribution is 2.30. The summed E-state index contributed by atoms with van der Waals surface area (Å²) in [6, 6.07) is 4.30. The van der Waals surface area contributed by atoms with Crippen LogP contribution in [0, 0.1) is 21.4 Å². The van der Waals surface area contributed by atoms with Gasteiger partial charge in [0.2, 0.25) is 5.69 Å². The van der Waals surface area contributed by atoms with E-state index in [0.717, 1.165) is 11.8 Å². The zero-order valence-electron chi connectivity index (χ0n) is 10.2. The van der Waals surface area contributed by atoms with Crippen molar-refractivity contribution < 1.29 is 14.8 Å². The van der Waals surface area contributed by atoms with Crippen molar-refractivity contribution >= 4 is 34.8 Å². The Labute approximate surface area is 126 Å². The Morgan fingerprint density at radius 1 is 1.52 bits per heavy atom. The maximum absolute atomic E-state index is 10.7. The Hall–Kier alpha value is -2.51. The molecule has 2 aromatic heterocycles. The smallest absolute Gasteiger partial charge is 0.309 e. The standard InChI is InChI=1S/C11H6N4O4S2/c12-4-7-8(15(18)19)1-2-9(14-7)21-11-13-6(5-20-11)3-10(16)17/h1-2,5H,3H2,(H,16,17). The van der Waals surface area contributed by atoms with Crippen molar-refractivity contribution in [3.05, 3.63) is 39.0 Å². The lowest BCUT2D eigenvalue weighted by molar-refractivity contribution is -0.385. The highest BCUT2D eigenvalue weighted by atomic mass is 32.2. The number of thiazole rings is 1. The van der Waals surface area contributed by atoms with Crippen LogP contribution in [0.1, 0.15) is 11.4 Å². The van der Waals surface area contributed by atoms with Gasteiger partial charge in [0.1, 0.15) is 11.1 Å². The molecular weight excluding hydrogens is 316 g/mol. The van der Waals surface area contributed by atoms with E-state index in [-0.39, 0.29) is 17.8 Å². The molecule has 106 valence electrons. The van der Waals surface area contributed by atoms with Gasteiger partial charge in [-0.05, 0) is 17.8 Å². The lowest BCUT2D eigenvalue weighted by Gasteiger charge is -1.98. The van der Waals surface area contributed by atoms with Crippen LogP contribution in [-0.2, 0) is 11.2 Å². The summed E-state index contributed by atoms with van der Waals surface area (Å²) in [5.41, 5.74) is -0.197. The van der Waals surface area contributed by atoms with Gasteiger partial charge in [-0.2, -0.15) is 5.26 Å². The minimum absolute atomic E-state index is 0.172. The van der Waals surface area contributed by atoms with Crippen LogP contribution in [-0.4, -0.2) is 26.0 Å². The fourth-order valence-corrected chi connectivity index (χ4v) is 3.13. The van der Waals surface area contributed by atoms with Crippen molar-refractivity contribution in [1.82, 2.24) is 9.97 Å². The van der Waals surface area contributed by atoms with Gasteiger partial charge < -0.3 is 5.11 Å². The third-order valence-corrected chi connectivity index (χ3v) is 4.13. The van der Waals surface area contributed by atoms with Gasteiger partial charge in [-0.1, -0.05) is 0 Å². The first-order chi connectivity index (χ1) is 9.99. The average Bonchev–Trinajstić information content (AvgIpc) is 2.84. The molecule has 2 rings (SSSR count). The maximum atomic E-state index is 10.7. The van der Waals surface area contributed by atoms with Crippen LogP contribution in [0.3, 0.4) is 0 Å². The number of carboxylic acids is 1. The molecule has 8 nitrogen and oxygen atoms in total. The van der Waals surface area contributed by atoms with Crippen LogP contribution in [0.5, 0.6) is 0 Å². The lowest BCUT2D eigenvalue weighted by Crippen LogP contribution is -1.99. The van der Waals surface area contributed by atoms with Gasteiger partial charge in [0, 0.05) is 11.4 Å². The Balaban J connectivity index is 2.20. The van der Waals surface area contributed by atoms with Gasteiger partial charge in [0.15, 0.2) is 4.34 Å². The molecule has 2 heterocycles. The minimum Gasteiger partial charge on any atom is -0.481 e. The molecule has 0 unspecified atom stereocenters. The molecule has 0 amide bonds.